The standard InChI is InChI=1S/C13H17ClN2O4S/c1-5-19-10(17)8(6-14)9-7-21-11(15-9)16-12(18)20-13(2,3)4/h6-7H,5H2,1-4H3,(H,15,16,18). The second-order valence-corrected chi connectivity index (χ2v) is 5.98. The summed E-state index contributed by atoms with van der Waals surface area (Å²) in [6.45, 7) is 7.21. The van der Waals surface area contributed by atoms with Crippen LogP contribution in [0.2, 0.25) is 0 Å². The third-order valence-electron chi connectivity index (χ3n) is 1.99. The molecule has 0 bridgehead atoms. The Bertz CT molecular complexity index is 549. The largest absolute Gasteiger partial charge is 0.462 e. The van der Waals surface area contributed by atoms with Crippen LogP contribution < -0.4 is 5.32 Å². The summed E-state index contributed by atoms with van der Waals surface area (Å²) in [5.41, 5.74) is 0.965. The first kappa shape index (κ1) is 17.5. The molecule has 21 heavy (non-hydrogen) atoms. The maximum Gasteiger partial charge on any atom is 0.413 e. The number of nitrogens with zero attached hydrogens (tertiary/aromatic N) is 1. The number of carbonyl (C=O) groups excluding carboxylic acids is 2. The fraction of sp³-hybridized carbons (Fsp3) is 0.462. The Hall–Kier alpha value is -1.60. The van der Waals surface area contributed by atoms with Crippen LogP contribution in [0, 0.1) is 0 Å². The van der Waals surface area contributed by atoms with Crippen molar-refractivity contribution in [1.29, 1.82) is 0 Å². The van der Waals surface area contributed by atoms with E-state index in [-0.39, 0.29) is 12.2 Å². The van der Waals surface area contributed by atoms with Crippen LogP contribution in [0.15, 0.2) is 10.9 Å². The first-order chi connectivity index (χ1) is 9.76. The second-order valence-electron chi connectivity index (χ2n) is 4.91. The van der Waals surface area contributed by atoms with Crippen LogP contribution in [0.5, 0.6) is 0 Å². The molecular weight excluding hydrogens is 316 g/mol. The first-order valence-corrected chi connectivity index (χ1v) is 7.52. The molecule has 1 N–H and O–H groups in total. The minimum absolute atomic E-state index is 0.131. The molecule has 1 aromatic heterocycles. The Kier molecular flexibility index (Phi) is 6.17. The van der Waals surface area contributed by atoms with Crippen LogP contribution in [-0.4, -0.2) is 29.3 Å². The van der Waals surface area contributed by atoms with E-state index in [0.717, 1.165) is 16.9 Å². The lowest BCUT2D eigenvalue weighted by Crippen LogP contribution is -2.27. The molecule has 0 aromatic carbocycles. The fourth-order valence-electron chi connectivity index (χ4n) is 1.26. The van der Waals surface area contributed by atoms with Gasteiger partial charge in [-0.25, -0.2) is 14.6 Å². The average Bonchev–Trinajstić information content (AvgIpc) is 2.76. The molecular formula is C13H17ClN2O4S. The van der Waals surface area contributed by atoms with Gasteiger partial charge in [-0.3, -0.25) is 5.32 Å². The summed E-state index contributed by atoms with van der Waals surface area (Å²) in [6.07, 6.45) is -0.615. The summed E-state index contributed by atoms with van der Waals surface area (Å²) in [7, 11) is 0. The van der Waals surface area contributed by atoms with Crippen molar-refractivity contribution in [3.05, 3.63) is 16.6 Å². The number of halogens is 1. The summed E-state index contributed by atoms with van der Waals surface area (Å²) in [5.74, 6) is -0.568. The monoisotopic (exact) mass is 332 g/mol. The van der Waals surface area contributed by atoms with E-state index in [0.29, 0.717) is 10.8 Å². The van der Waals surface area contributed by atoms with E-state index in [1.807, 2.05) is 0 Å². The SMILES string of the molecule is CCOC(=O)C(=CCl)c1csc(NC(=O)OC(C)(C)C)n1. The van der Waals surface area contributed by atoms with Crippen molar-refractivity contribution >= 4 is 45.7 Å². The lowest BCUT2D eigenvalue weighted by Gasteiger charge is -2.18. The van der Waals surface area contributed by atoms with Crippen LogP contribution in [0.3, 0.4) is 0 Å². The van der Waals surface area contributed by atoms with Crippen LogP contribution in [0.25, 0.3) is 5.57 Å². The zero-order valence-electron chi connectivity index (χ0n) is 12.2. The first-order valence-electron chi connectivity index (χ1n) is 6.20. The molecule has 0 atom stereocenters. The number of carbonyl (C=O) groups is 2. The van der Waals surface area contributed by atoms with E-state index >= 15 is 0 Å². The Morgan fingerprint density at radius 1 is 1.48 bits per heavy atom. The van der Waals surface area contributed by atoms with E-state index in [2.05, 4.69) is 10.3 Å². The van der Waals surface area contributed by atoms with Gasteiger partial charge in [-0.1, -0.05) is 11.6 Å². The van der Waals surface area contributed by atoms with Crippen molar-refractivity contribution in [2.75, 3.05) is 11.9 Å². The predicted molar refractivity (Wildman–Crippen MR) is 82.4 cm³/mol. The predicted octanol–water partition coefficient (Wildman–Crippen LogP) is 3.63. The molecule has 1 heterocycles. The fourth-order valence-corrected chi connectivity index (χ4v) is 2.16. The maximum atomic E-state index is 11.7. The number of aromatic nitrogens is 1. The smallest absolute Gasteiger partial charge is 0.413 e. The highest BCUT2D eigenvalue weighted by molar-refractivity contribution is 7.14. The molecule has 1 aromatic rings. The number of thiazole rings is 1. The quantitative estimate of drug-likeness (QED) is 0.673. The van der Waals surface area contributed by atoms with Crippen LogP contribution >= 0.6 is 22.9 Å². The van der Waals surface area contributed by atoms with E-state index in [1.54, 1.807) is 33.1 Å². The number of ether oxygens (including phenoxy) is 2. The number of anilines is 1. The van der Waals surface area contributed by atoms with Crippen molar-refractivity contribution in [2.45, 2.75) is 33.3 Å². The number of hydrogen-bond donors (Lipinski definition) is 1. The molecule has 1 rings (SSSR count). The van der Waals surface area contributed by atoms with Gasteiger partial charge in [0.25, 0.3) is 0 Å². The van der Waals surface area contributed by atoms with Crippen molar-refractivity contribution in [2.24, 2.45) is 0 Å². The van der Waals surface area contributed by atoms with Crippen molar-refractivity contribution in [1.82, 2.24) is 4.98 Å². The van der Waals surface area contributed by atoms with Crippen LogP contribution in [0.4, 0.5) is 9.93 Å². The van der Waals surface area contributed by atoms with E-state index in [1.165, 1.54) is 0 Å². The molecule has 0 aliphatic heterocycles. The number of amides is 1. The molecule has 0 fully saturated rings. The molecule has 8 heteroatoms. The summed E-state index contributed by atoms with van der Waals surface area (Å²) in [6, 6.07) is 0. The lowest BCUT2D eigenvalue weighted by molar-refractivity contribution is -0.136. The Labute approximate surface area is 132 Å². The highest BCUT2D eigenvalue weighted by Crippen LogP contribution is 2.23. The van der Waals surface area contributed by atoms with Crippen LogP contribution in [-0.2, 0) is 14.3 Å². The van der Waals surface area contributed by atoms with Gasteiger partial charge < -0.3 is 9.47 Å². The summed E-state index contributed by atoms with van der Waals surface area (Å²) < 4.78 is 9.97. The number of rotatable bonds is 4. The molecule has 0 radical (unpaired) electrons. The van der Waals surface area contributed by atoms with Gasteiger partial charge in [0.2, 0.25) is 0 Å². The summed E-state index contributed by atoms with van der Waals surface area (Å²) >= 11 is 6.78. The molecule has 6 nitrogen and oxygen atoms in total. The molecule has 1 amide bonds. The minimum Gasteiger partial charge on any atom is -0.462 e. The van der Waals surface area contributed by atoms with E-state index < -0.39 is 17.7 Å². The normalized spacial score (nSPS) is 12.0. The van der Waals surface area contributed by atoms with Gasteiger partial charge in [-0.2, -0.15) is 0 Å². The van der Waals surface area contributed by atoms with Gasteiger partial charge in [-0.05, 0) is 27.7 Å². The maximum absolute atomic E-state index is 11.7. The van der Waals surface area contributed by atoms with Gasteiger partial charge in [0, 0.05) is 10.9 Å². The topological polar surface area (TPSA) is 77.5 Å². The van der Waals surface area contributed by atoms with E-state index in [9.17, 15) is 9.59 Å². The molecule has 0 unspecified atom stereocenters. The summed E-state index contributed by atoms with van der Waals surface area (Å²) in [4.78, 5) is 27.4. The van der Waals surface area contributed by atoms with Gasteiger partial charge in [-0.15, -0.1) is 11.3 Å². The second kappa shape index (κ2) is 7.42. The third kappa shape index (κ3) is 5.73. The molecule has 0 saturated carbocycles. The lowest BCUT2D eigenvalue weighted by atomic mass is 10.2. The van der Waals surface area contributed by atoms with Gasteiger partial charge in [0.15, 0.2) is 5.13 Å². The average molecular weight is 333 g/mol. The van der Waals surface area contributed by atoms with E-state index in [4.69, 9.17) is 21.1 Å². The van der Waals surface area contributed by atoms with Crippen LogP contribution in [0.1, 0.15) is 33.4 Å². The van der Waals surface area contributed by atoms with Crippen molar-refractivity contribution in [3.8, 4) is 0 Å². The Morgan fingerprint density at radius 2 is 2.14 bits per heavy atom. The van der Waals surface area contributed by atoms with Gasteiger partial charge in [0.05, 0.1) is 17.9 Å². The Morgan fingerprint density at radius 3 is 2.67 bits per heavy atom. The molecule has 0 aliphatic carbocycles. The zero-order chi connectivity index (χ0) is 16.0. The Balaban J connectivity index is 2.77. The molecule has 116 valence electrons. The zero-order valence-corrected chi connectivity index (χ0v) is 13.8. The number of esters is 1. The number of hydrogen-bond acceptors (Lipinski definition) is 6. The number of nitrogens with one attached hydrogen (secondary N) is 1. The molecule has 0 saturated heterocycles. The van der Waals surface area contributed by atoms with Crippen molar-refractivity contribution in [3.63, 3.8) is 0 Å². The summed E-state index contributed by atoms with van der Waals surface area (Å²) in [5, 5.41) is 4.39. The van der Waals surface area contributed by atoms with Gasteiger partial charge in [0.1, 0.15) is 5.60 Å². The minimum atomic E-state index is -0.615. The third-order valence-corrected chi connectivity index (χ3v) is 2.97. The molecule has 0 aliphatic rings. The molecule has 0 spiro atoms. The highest BCUT2D eigenvalue weighted by Gasteiger charge is 2.19. The van der Waals surface area contributed by atoms with Gasteiger partial charge >= 0.3 is 12.1 Å². The van der Waals surface area contributed by atoms with Crippen molar-refractivity contribution < 1.29 is 19.1 Å². The highest BCUT2D eigenvalue weighted by atomic mass is 35.5.